The Kier molecular flexibility index (Phi) is 7.96. The lowest BCUT2D eigenvalue weighted by Gasteiger charge is -2.35. The number of rotatable bonds is 6. The van der Waals surface area contributed by atoms with Gasteiger partial charge in [-0.25, -0.2) is 4.39 Å². The average Bonchev–Trinajstić information content (AvgIpc) is 2.50. The van der Waals surface area contributed by atoms with Gasteiger partial charge < -0.3 is 15.2 Å². The van der Waals surface area contributed by atoms with Gasteiger partial charge in [0.15, 0.2) is 11.6 Å². The van der Waals surface area contributed by atoms with Crippen molar-refractivity contribution >= 4 is 12.4 Å². The Bertz CT molecular complexity index is 428. The van der Waals surface area contributed by atoms with Crippen molar-refractivity contribution in [3.05, 3.63) is 29.6 Å². The van der Waals surface area contributed by atoms with E-state index in [1.54, 1.807) is 6.07 Å². The predicted octanol–water partition coefficient (Wildman–Crippen LogP) is 1.97. The van der Waals surface area contributed by atoms with Crippen molar-refractivity contribution in [1.29, 1.82) is 0 Å². The molecule has 1 aliphatic heterocycles. The molecule has 0 saturated carbocycles. The third kappa shape index (κ3) is 4.81. The third-order valence-electron chi connectivity index (χ3n) is 3.79. The summed E-state index contributed by atoms with van der Waals surface area (Å²) in [7, 11) is 1.48. The number of hydrogen-bond acceptors (Lipinski definition) is 4. The maximum atomic E-state index is 13.5. The number of nitrogens with zero attached hydrogens (tertiary/aromatic N) is 1. The lowest BCUT2D eigenvalue weighted by Crippen LogP contribution is -2.45. The minimum Gasteiger partial charge on any atom is -0.494 e. The van der Waals surface area contributed by atoms with Gasteiger partial charge in [0.2, 0.25) is 0 Å². The van der Waals surface area contributed by atoms with Crippen LogP contribution in [0, 0.1) is 5.82 Å². The number of methoxy groups -OCH3 is 1. The van der Waals surface area contributed by atoms with Crippen molar-refractivity contribution in [1.82, 2.24) is 10.2 Å². The van der Waals surface area contributed by atoms with Crippen LogP contribution in [0.2, 0.25) is 0 Å². The summed E-state index contributed by atoms with van der Waals surface area (Å²) in [5.41, 5.74) is 1.05. The van der Waals surface area contributed by atoms with Crippen LogP contribution in [-0.4, -0.2) is 49.9 Å². The van der Waals surface area contributed by atoms with Crippen LogP contribution in [0.4, 0.5) is 4.39 Å². The van der Waals surface area contributed by atoms with Crippen molar-refractivity contribution < 1.29 is 14.2 Å². The van der Waals surface area contributed by atoms with E-state index in [0.717, 1.165) is 44.6 Å². The number of ether oxygens (including phenoxy) is 1. The summed E-state index contributed by atoms with van der Waals surface area (Å²) < 4.78 is 18.6. The quantitative estimate of drug-likeness (QED) is 0.842. The van der Waals surface area contributed by atoms with Crippen molar-refractivity contribution in [2.75, 3.05) is 39.9 Å². The number of benzene rings is 1. The molecule has 0 spiro atoms. The van der Waals surface area contributed by atoms with Gasteiger partial charge in [-0.1, -0.05) is 6.07 Å². The Morgan fingerprint density at radius 1 is 1.38 bits per heavy atom. The van der Waals surface area contributed by atoms with E-state index < -0.39 is 0 Å². The van der Waals surface area contributed by atoms with E-state index in [1.165, 1.54) is 13.2 Å². The first-order chi connectivity index (χ1) is 9.76. The van der Waals surface area contributed by atoms with Crippen molar-refractivity contribution in [2.45, 2.75) is 18.9 Å². The zero-order chi connectivity index (χ0) is 14.4. The largest absolute Gasteiger partial charge is 0.494 e. The molecule has 1 aromatic carbocycles. The zero-order valence-electron chi connectivity index (χ0n) is 12.3. The van der Waals surface area contributed by atoms with Crippen molar-refractivity contribution in [3.63, 3.8) is 0 Å². The van der Waals surface area contributed by atoms with Gasteiger partial charge in [0.1, 0.15) is 0 Å². The van der Waals surface area contributed by atoms with Crippen LogP contribution < -0.4 is 10.1 Å². The molecule has 0 aliphatic carbocycles. The molecular formula is C15H24ClFN2O2. The Morgan fingerprint density at radius 3 is 2.71 bits per heavy atom. The number of aliphatic hydroxyl groups is 1. The molecule has 1 atom stereocenters. The molecule has 2 N–H and O–H groups in total. The smallest absolute Gasteiger partial charge is 0.165 e. The van der Waals surface area contributed by atoms with Gasteiger partial charge in [-0.15, -0.1) is 12.4 Å². The number of nitrogens with one attached hydrogen (secondary N) is 1. The molecule has 0 unspecified atom stereocenters. The van der Waals surface area contributed by atoms with Crippen LogP contribution in [0.1, 0.15) is 24.4 Å². The molecule has 1 aromatic rings. The third-order valence-corrected chi connectivity index (χ3v) is 3.79. The molecule has 0 bridgehead atoms. The molecule has 1 fully saturated rings. The summed E-state index contributed by atoms with van der Waals surface area (Å²) in [4.78, 5) is 2.39. The lowest BCUT2D eigenvalue weighted by atomic mass is 9.99. The van der Waals surface area contributed by atoms with Gasteiger partial charge in [0.25, 0.3) is 0 Å². The summed E-state index contributed by atoms with van der Waals surface area (Å²) in [6.07, 6.45) is 1.61. The highest BCUT2D eigenvalue weighted by Gasteiger charge is 2.22. The van der Waals surface area contributed by atoms with Crippen LogP contribution in [0.15, 0.2) is 18.2 Å². The van der Waals surface area contributed by atoms with Crippen molar-refractivity contribution in [2.24, 2.45) is 0 Å². The summed E-state index contributed by atoms with van der Waals surface area (Å²) in [6, 6.07) is 5.27. The van der Waals surface area contributed by atoms with Gasteiger partial charge in [-0.2, -0.15) is 0 Å². The SMILES string of the molecule is COc1cc([C@@H](CCCO)N2CCNCC2)ccc1F.Cl. The van der Waals surface area contributed by atoms with E-state index in [2.05, 4.69) is 10.2 Å². The van der Waals surface area contributed by atoms with E-state index >= 15 is 0 Å². The average molecular weight is 319 g/mol. The van der Waals surface area contributed by atoms with Gasteiger partial charge in [0, 0.05) is 38.8 Å². The Labute approximate surface area is 131 Å². The van der Waals surface area contributed by atoms with Gasteiger partial charge >= 0.3 is 0 Å². The lowest BCUT2D eigenvalue weighted by molar-refractivity contribution is 0.154. The molecule has 0 radical (unpaired) electrons. The Morgan fingerprint density at radius 2 is 2.10 bits per heavy atom. The first-order valence-electron chi connectivity index (χ1n) is 7.15. The van der Waals surface area contributed by atoms with Gasteiger partial charge in [0.05, 0.1) is 7.11 Å². The maximum absolute atomic E-state index is 13.5. The second-order valence-corrected chi connectivity index (χ2v) is 5.06. The van der Waals surface area contributed by atoms with Crippen LogP contribution >= 0.6 is 12.4 Å². The number of aliphatic hydroxyl groups excluding tert-OH is 1. The van der Waals surface area contributed by atoms with E-state index in [0.29, 0.717) is 0 Å². The van der Waals surface area contributed by atoms with E-state index in [9.17, 15) is 4.39 Å². The Hall–Kier alpha value is -0.880. The fraction of sp³-hybridized carbons (Fsp3) is 0.600. The molecule has 0 aromatic heterocycles. The van der Waals surface area contributed by atoms with Crippen LogP contribution in [0.5, 0.6) is 5.75 Å². The molecule has 1 heterocycles. The standard InChI is InChI=1S/C15H23FN2O2.ClH/c1-20-15-11-12(4-5-13(15)16)14(3-2-10-19)18-8-6-17-7-9-18;/h4-5,11,14,17,19H,2-3,6-10H2,1H3;1H/t14-;/m1./s1. The zero-order valence-corrected chi connectivity index (χ0v) is 13.2. The second kappa shape index (κ2) is 9.20. The highest BCUT2D eigenvalue weighted by atomic mass is 35.5. The summed E-state index contributed by atoms with van der Waals surface area (Å²) in [5, 5.41) is 12.4. The number of halogens is 2. The van der Waals surface area contributed by atoms with E-state index in [1.807, 2.05) is 6.07 Å². The Balaban J connectivity index is 0.00000220. The minimum atomic E-state index is -0.336. The fourth-order valence-corrected chi connectivity index (χ4v) is 2.72. The van der Waals surface area contributed by atoms with E-state index in [4.69, 9.17) is 9.84 Å². The van der Waals surface area contributed by atoms with Crippen LogP contribution in [0.25, 0.3) is 0 Å². The molecule has 2 rings (SSSR count). The highest BCUT2D eigenvalue weighted by Crippen LogP contribution is 2.29. The number of hydrogen-bond donors (Lipinski definition) is 2. The normalized spacial score (nSPS) is 17.1. The molecule has 6 heteroatoms. The first kappa shape index (κ1) is 18.2. The monoisotopic (exact) mass is 318 g/mol. The van der Waals surface area contributed by atoms with Crippen molar-refractivity contribution in [3.8, 4) is 5.75 Å². The second-order valence-electron chi connectivity index (χ2n) is 5.06. The van der Waals surface area contributed by atoms with Gasteiger partial charge in [-0.3, -0.25) is 4.90 Å². The van der Waals surface area contributed by atoms with E-state index in [-0.39, 0.29) is 36.6 Å². The molecule has 4 nitrogen and oxygen atoms in total. The summed E-state index contributed by atoms with van der Waals surface area (Å²) >= 11 is 0. The predicted molar refractivity (Wildman–Crippen MR) is 83.7 cm³/mol. The molecular weight excluding hydrogens is 295 g/mol. The molecule has 21 heavy (non-hydrogen) atoms. The van der Waals surface area contributed by atoms with Gasteiger partial charge in [-0.05, 0) is 30.5 Å². The van der Waals surface area contributed by atoms with Crippen LogP contribution in [-0.2, 0) is 0 Å². The molecule has 120 valence electrons. The number of piperazine rings is 1. The van der Waals surface area contributed by atoms with Crippen LogP contribution in [0.3, 0.4) is 0 Å². The maximum Gasteiger partial charge on any atom is 0.165 e. The minimum absolute atomic E-state index is 0. The molecule has 0 amide bonds. The highest BCUT2D eigenvalue weighted by molar-refractivity contribution is 5.85. The first-order valence-corrected chi connectivity index (χ1v) is 7.15. The summed E-state index contributed by atoms with van der Waals surface area (Å²) in [6.45, 7) is 4.05. The molecule has 1 saturated heterocycles. The fourth-order valence-electron chi connectivity index (χ4n) is 2.72. The summed E-state index contributed by atoms with van der Waals surface area (Å²) in [5.74, 6) is -0.0518. The topological polar surface area (TPSA) is 44.7 Å². The molecule has 1 aliphatic rings.